The number of aromatic amines is 1. The first-order chi connectivity index (χ1) is 14.3. The van der Waals surface area contributed by atoms with Gasteiger partial charge in [0.2, 0.25) is 0 Å². The molecule has 12 heteroatoms. The van der Waals surface area contributed by atoms with Crippen molar-refractivity contribution in [2.75, 3.05) is 26.2 Å². The Morgan fingerprint density at radius 1 is 1.10 bits per heavy atom. The third kappa shape index (κ3) is 5.38. The second kappa shape index (κ2) is 9.28. The normalized spacial score (nSPS) is 17.1. The minimum atomic E-state index is -5.08. The van der Waals surface area contributed by atoms with Crippen LogP contribution in [0, 0.1) is 0 Å². The number of amides is 1. The molecule has 2 aliphatic rings. The summed E-state index contributed by atoms with van der Waals surface area (Å²) in [6, 6.07) is 3.68. The first-order valence-electron chi connectivity index (χ1n) is 9.62. The molecular weight excluding hydrogens is 405 g/mol. The Morgan fingerprint density at radius 2 is 1.80 bits per heavy atom. The Bertz CT molecular complexity index is 859. The van der Waals surface area contributed by atoms with Gasteiger partial charge in [-0.05, 0) is 38.1 Å². The third-order valence-corrected chi connectivity index (χ3v) is 5.02. The second-order valence-corrected chi connectivity index (χ2v) is 7.10. The predicted octanol–water partition coefficient (Wildman–Crippen LogP) is 1.53. The van der Waals surface area contributed by atoms with Gasteiger partial charge < -0.3 is 19.6 Å². The van der Waals surface area contributed by atoms with Crippen molar-refractivity contribution in [2.45, 2.75) is 38.5 Å². The second-order valence-electron chi connectivity index (χ2n) is 7.10. The molecule has 0 aliphatic carbocycles. The minimum Gasteiger partial charge on any atom is -0.475 e. The molecule has 0 unspecified atom stereocenters. The maximum Gasteiger partial charge on any atom is 0.490 e. The third-order valence-electron chi connectivity index (χ3n) is 5.02. The van der Waals surface area contributed by atoms with Gasteiger partial charge in [-0.25, -0.2) is 4.79 Å². The van der Waals surface area contributed by atoms with E-state index in [9.17, 15) is 18.0 Å². The number of carboxylic acids is 1. The SMILES string of the molecule is O=C(O)C(F)(F)F.O=C(c1ccc[nH]1)N1CCc2nnc(CN3CCCC3)n2CC1. The summed E-state index contributed by atoms with van der Waals surface area (Å²) in [4.78, 5) is 28.7. The molecule has 9 nitrogen and oxygen atoms in total. The van der Waals surface area contributed by atoms with Gasteiger partial charge in [-0.2, -0.15) is 13.2 Å². The van der Waals surface area contributed by atoms with E-state index in [-0.39, 0.29) is 5.91 Å². The number of carbonyl (C=O) groups excluding carboxylic acids is 1. The molecule has 2 aliphatic heterocycles. The van der Waals surface area contributed by atoms with Crippen LogP contribution in [0.5, 0.6) is 0 Å². The van der Waals surface area contributed by atoms with Crippen LogP contribution in [0.2, 0.25) is 0 Å². The van der Waals surface area contributed by atoms with Gasteiger partial charge in [0.25, 0.3) is 5.91 Å². The van der Waals surface area contributed by atoms with E-state index < -0.39 is 12.1 Å². The Morgan fingerprint density at radius 3 is 2.40 bits per heavy atom. The number of hydrogen-bond donors (Lipinski definition) is 2. The highest BCUT2D eigenvalue weighted by molar-refractivity contribution is 5.92. The maximum atomic E-state index is 12.5. The molecule has 0 aromatic carbocycles. The number of rotatable bonds is 3. The molecule has 2 N–H and O–H groups in total. The summed E-state index contributed by atoms with van der Waals surface area (Å²) < 4.78 is 33.9. The molecule has 0 bridgehead atoms. The fraction of sp³-hybridized carbons (Fsp3) is 0.556. The lowest BCUT2D eigenvalue weighted by molar-refractivity contribution is -0.192. The van der Waals surface area contributed by atoms with E-state index in [4.69, 9.17) is 9.90 Å². The summed E-state index contributed by atoms with van der Waals surface area (Å²) in [5, 5.41) is 15.9. The van der Waals surface area contributed by atoms with Crippen LogP contribution in [0.3, 0.4) is 0 Å². The molecule has 30 heavy (non-hydrogen) atoms. The number of carboxylic acid groups (broad SMARTS) is 1. The maximum absolute atomic E-state index is 12.5. The van der Waals surface area contributed by atoms with E-state index in [1.54, 1.807) is 6.20 Å². The average molecular weight is 428 g/mol. The summed E-state index contributed by atoms with van der Waals surface area (Å²) >= 11 is 0. The zero-order valence-electron chi connectivity index (χ0n) is 16.2. The lowest BCUT2D eigenvalue weighted by Crippen LogP contribution is -2.34. The minimum absolute atomic E-state index is 0.0646. The Hall–Kier alpha value is -2.89. The van der Waals surface area contributed by atoms with Gasteiger partial charge in [-0.3, -0.25) is 9.69 Å². The summed E-state index contributed by atoms with van der Waals surface area (Å²) in [6.07, 6.45) is 0.0203. The van der Waals surface area contributed by atoms with Crippen molar-refractivity contribution in [2.24, 2.45) is 0 Å². The topological polar surface area (TPSA) is 107 Å². The van der Waals surface area contributed by atoms with Crippen molar-refractivity contribution in [1.29, 1.82) is 0 Å². The molecule has 0 spiro atoms. The average Bonchev–Trinajstić information content (AvgIpc) is 3.43. The number of aliphatic carboxylic acids is 1. The molecule has 4 rings (SSSR count). The lowest BCUT2D eigenvalue weighted by atomic mass is 10.3. The van der Waals surface area contributed by atoms with Crippen LogP contribution >= 0.6 is 0 Å². The lowest BCUT2D eigenvalue weighted by Gasteiger charge is -2.19. The quantitative estimate of drug-likeness (QED) is 0.768. The Balaban J connectivity index is 0.000000318. The van der Waals surface area contributed by atoms with Crippen LogP contribution in [-0.4, -0.2) is 78.9 Å². The van der Waals surface area contributed by atoms with Crippen molar-refractivity contribution in [3.8, 4) is 0 Å². The monoisotopic (exact) mass is 428 g/mol. The molecule has 1 fully saturated rings. The highest BCUT2D eigenvalue weighted by Crippen LogP contribution is 2.16. The van der Waals surface area contributed by atoms with Crippen LogP contribution < -0.4 is 0 Å². The highest BCUT2D eigenvalue weighted by Gasteiger charge is 2.38. The summed E-state index contributed by atoms with van der Waals surface area (Å²) in [7, 11) is 0. The standard InChI is InChI=1S/C16H22N6O.C2HF3O2/c23-16(13-4-3-6-17-13)21-9-5-14-18-19-15(22(14)11-10-21)12-20-7-1-2-8-20;3-2(4,5)1(6)7/h3-4,6,17H,1-2,5,7-12H2;(H,6,7). The van der Waals surface area contributed by atoms with E-state index in [0.29, 0.717) is 18.8 Å². The summed E-state index contributed by atoms with van der Waals surface area (Å²) in [5.41, 5.74) is 0.653. The molecular formula is C18H23F3N6O3. The first kappa shape index (κ1) is 21.8. The predicted molar refractivity (Wildman–Crippen MR) is 98.6 cm³/mol. The molecule has 1 amide bonds. The van der Waals surface area contributed by atoms with E-state index in [0.717, 1.165) is 44.2 Å². The summed E-state index contributed by atoms with van der Waals surface area (Å²) in [6.45, 7) is 5.35. The first-order valence-corrected chi connectivity index (χ1v) is 9.62. The zero-order chi connectivity index (χ0) is 21.7. The molecule has 0 atom stereocenters. The van der Waals surface area contributed by atoms with Gasteiger partial charge in [-0.1, -0.05) is 0 Å². The fourth-order valence-corrected chi connectivity index (χ4v) is 3.48. The Labute approximate surface area is 170 Å². The molecule has 2 aromatic heterocycles. The molecule has 0 radical (unpaired) electrons. The van der Waals surface area contributed by atoms with Gasteiger partial charge in [0.1, 0.15) is 17.3 Å². The molecule has 4 heterocycles. The van der Waals surface area contributed by atoms with Crippen LogP contribution in [0.4, 0.5) is 13.2 Å². The number of fused-ring (bicyclic) bond motifs is 1. The zero-order valence-corrected chi connectivity index (χ0v) is 16.2. The fourth-order valence-electron chi connectivity index (χ4n) is 3.48. The largest absolute Gasteiger partial charge is 0.490 e. The number of nitrogens with one attached hydrogen (secondary N) is 1. The van der Waals surface area contributed by atoms with Gasteiger partial charge in [0, 0.05) is 32.3 Å². The summed E-state index contributed by atoms with van der Waals surface area (Å²) in [5.74, 6) is -0.653. The van der Waals surface area contributed by atoms with Crippen molar-refractivity contribution in [3.05, 3.63) is 35.7 Å². The van der Waals surface area contributed by atoms with E-state index in [1.165, 1.54) is 12.8 Å². The number of aromatic nitrogens is 4. The van der Waals surface area contributed by atoms with Crippen LogP contribution in [0.15, 0.2) is 18.3 Å². The van der Waals surface area contributed by atoms with Crippen molar-refractivity contribution < 1.29 is 27.9 Å². The van der Waals surface area contributed by atoms with Gasteiger partial charge >= 0.3 is 12.1 Å². The van der Waals surface area contributed by atoms with Crippen molar-refractivity contribution in [3.63, 3.8) is 0 Å². The number of hydrogen-bond acceptors (Lipinski definition) is 5. The van der Waals surface area contributed by atoms with Crippen molar-refractivity contribution >= 4 is 11.9 Å². The number of halogens is 3. The van der Waals surface area contributed by atoms with Gasteiger partial charge in [0.15, 0.2) is 0 Å². The molecule has 1 saturated heterocycles. The molecule has 0 saturated carbocycles. The number of alkyl halides is 3. The van der Waals surface area contributed by atoms with Crippen LogP contribution in [-0.2, 0) is 24.3 Å². The van der Waals surface area contributed by atoms with Crippen LogP contribution in [0.1, 0.15) is 35.0 Å². The molecule has 2 aromatic rings. The van der Waals surface area contributed by atoms with E-state index in [1.807, 2.05) is 17.0 Å². The van der Waals surface area contributed by atoms with E-state index in [2.05, 4.69) is 24.6 Å². The highest BCUT2D eigenvalue weighted by atomic mass is 19.4. The number of carbonyl (C=O) groups is 2. The number of nitrogens with zero attached hydrogens (tertiary/aromatic N) is 5. The number of H-pyrrole nitrogens is 1. The van der Waals surface area contributed by atoms with Crippen LogP contribution in [0.25, 0.3) is 0 Å². The van der Waals surface area contributed by atoms with Gasteiger partial charge in [0.05, 0.1) is 6.54 Å². The van der Waals surface area contributed by atoms with Gasteiger partial charge in [-0.15, -0.1) is 10.2 Å². The Kier molecular flexibility index (Phi) is 6.75. The smallest absolute Gasteiger partial charge is 0.475 e. The van der Waals surface area contributed by atoms with E-state index >= 15 is 0 Å². The number of likely N-dealkylation sites (tertiary alicyclic amines) is 1. The van der Waals surface area contributed by atoms with Crippen molar-refractivity contribution in [1.82, 2.24) is 29.5 Å². The molecule has 164 valence electrons.